The number of hydrogen-bond acceptors (Lipinski definition) is 1. The zero-order valence-corrected chi connectivity index (χ0v) is 8.77. The third kappa shape index (κ3) is 6.41. The van der Waals surface area contributed by atoms with Crippen molar-refractivity contribution in [1.82, 2.24) is 5.32 Å². The molecule has 72 valence electrons. The molecule has 1 nitrogen and oxygen atoms in total. The van der Waals surface area contributed by atoms with Crippen LogP contribution >= 0.6 is 0 Å². The van der Waals surface area contributed by atoms with Crippen molar-refractivity contribution in [3.8, 4) is 0 Å². The summed E-state index contributed by atoms with van der Waals surface area (Å²) in [5.74, 6) is 0.824. The SMILES string of the molecule is C=CCCC(CCC(C)C)NC. The molecule has 1 unspecified atom stereocenters. The van der Waals surface area contributed by atoms with Crippen molar-refractivity contribution in [3.05, 3.63) is 12.7 Å². The van der Waals surface area contributed by atoms with Crippen molar-refractivity contribution in [1.29, 1.82) is 0 Å². The topological polar surface area (TPSA) is 12.0 Å². The lowest BCUT2D eigenvalue weighted by atomic mass is 10.0. The van der Waals surface area contributed by atoms with Crippen LogP contribution in [0.5, 0.6) is 0 Å². The molecule has 0 aliphatic carbocycles. The number of hydrogen-bond donors (Lipinski definition) is 1. The molecule has 0 saturated carbocycles. The zero-order chi connectivity index (χ0) is 9.40. The third-order valence-electron chi connectivity index (χ3n) is 2.22. The van der Waals surface area contributed by atoms with E-state index in [1.165, 1.54) is 19.3 Å². The first-order chi connectivity index (χ1) is 5.70. The Bertz CT molecular complexity index is 108. The Morgan fingerprint density at radius 2 is 1.92 bits per heavy atom. The van der Waals surface area contributed by atoms with E-state index in [-0.39, 0.29) is 0 Å². The van der Waals surface area contributed by atoms with Gasteiger partial charge in [0.05, 0.1) is 0 Å². The standard InChI is InChI=1S/C11H23N/c1-5-6-7-11(12-4)9-8-10(2)3/h5,10-12H,1,6-9H2,2-4H3. The predicted octanol–water partition coefficient (Wildman–Crippen LogP) is 2.98. The minimum atomic E-state index is 0.686. The molecule has 0 fully saturated rings. The van der Waals surface area contributed by atoms with Gasteiger partial charge in [0.15, 0.2) is 0 Å². The normalized spacial score (nSPS) is 13.3. The maximum atomic E-state index is 3.73. The smallest absolute Gasteiger partial charge is 0.00671 e. The molecule has 12 heavy (non-hydrogen) atoms. The third-order valence-corrected chi connectivity index (χ3v) is 2.22. The molecule has 0 heterocycles. The van der Waals surface area contributed by atoms with Gasteiger partial charge in [-0.2, -0.15) is 0 Å². The molecule has 0 spiro atoms. The second-order valence-corrected chi connectivity index (χ2v) is 3.82. The van der Waals surface area contributed by atoms with Crippen molar-refractivity contribution in [2.75, 3.05) is 7.05 Å². The van der Waals surface area contributed by atoms with Crippen LogP contribution in [0.2, 0.25) is 0 Å². The second-order valence-electron chi connectivity index (χ2n) is 3.82. The molecule has 0 bridgehead atoms. The molecule has 1 N–H and O–H groups in total. The van der Waals surface area contributed by atoms with E-state index in [0.717, 1.165) is 12.3 Å². The van der Waals surface area contributed by atoms with Gasteiger partial charge in [0.2, 0.25) is 0 Å². The number of nitrogens with one attached hydrogen (secondary N) is 1. The Morgan fingerprint density at radius 1 is 1.25 bits per heavy atom. The Labute approximate surface area is 77.2 Å². The van der Waals surface area contributed by atoms with E-state index in [0.29, 0.717) is 6.04 Å². The Balaban J connectivity index is 3.45. The van der Waals surface area contributed by atoms with Gasteiger partial charge in [-0.1, -0.05) is 19.9 Å². The molecular weight excluding hydrogens is 146 g/mol. The average Bonchev–Trinajstić information content (AvgIpc) is 2.05. The highest BCUT2D eigenvalue weighted by molar-refractivity contribution is 4.73. The molecule has 0 aromatic rings. The fraction of sp³-hybridized carbons (Fsp3) is 0.818. The minimum absolute atomic E-state index is 0.686. The highest BCUT2D eigenvalue weighted by Gasteiger charge is 2.05. The highest BCUT2D eigenvalue weighted by atomic mass is 14.9. The van der Waals surface area contributed by atoms with E-state index in [1.807, 2.05) is 13.1 Å². The van der Waals surface area contributed by atoms with Crippen LogP contribution in [-0.4, -0.2) is 13.1 Å². The summed E-state index contributed by atoms with van der Waals surface area (Å²) in [6, 6.07) is 0.686. The summed E-state index contributed by atoms with van der Waals surface area (Å²) in [5, 5.41) is 3.34. The average molecular weight is 169 g/mol. The van der Waals surface area contributed by atoms with Crippen molar-refractivity contribution in [2.24, 2.45) is 5.92 Å². The molecule has 0 amide bonds. The van der Waals surface area contributed by atoms with Crippen LogP contribution in [0.4, 0.5) is 0 Å². The summed E-state index contributed by atoms with van der Waals surface area (Å²) < 4.78 is 0. The van der Waals surface area contributed by atoms with E-state index < -0.39 is 0 Å². The Kier molecular flexibility index (Phi) is 7.17. The molecule has 0 aromatic carbocycles. The van der Waals surface area contributed by atoms with Crippen LogP contribution < -0.4 is 5.32 Å². The number of allylic oxidation sites excluding steroid dienone is 1. The van der Waals surface area contributed by atoms with Gasteiger partial charge in [0, 0.05) is 6.04 Å². The van der Waals surface area contributed by atoms with Crippen LogP contribution in [0.15, 0.2) is 12.7 Å². The van der Waals surface area contributed by atoms with Crippen molar-refractivity contribution in [2.45, 2.75) is 45.6 Å². The van der Waals surface area contributed by atoms with E-state index >= 15 is 0 Å². The van der Waals surface area contributed by atoms with Gasteiger partial charge in [-0.25, -0.2) is 0 Å². The second kappa shape index (κ2) is 7.35. The summed E-state index contributed by atoms with van der Waals surface area (Å²) in [6.07, 6.45) is 6.97. The molecule has 0 aliphatic heterocycles. The monoisotopic (exact) mass is 169 g/mol. The Hall–Kier alpha value is -0.300. The number of rotatable bonds is 7. The van der Waals surface area contributed by atoms with Crippen LogP contribution in [0.3, 0.4) is 0 Å². The molecule has 1 heteroatoms. The fourth-order valence-corrected chi connectivity index (χ4v) is 1.29. The fourth-order valence-electron chi connectivity index (χ4n) is 1.29. The van der Waals surface area contributed by atoms with E-state index in [1.54, 1.807) is 0 Å². The van der Waals surface area contributed by atoms with Crippen molar-refractivity contribution in [3.63, 3.8) is 0 Å². The zero-order valence-electron chi connectivity index (χ0n) is 8.77. The van der Waals surface area contributed by atoms with E-state index in [4.69, 9.17) is 0 Å². The van der Waals surface area contributed by atoms with Gasteiger partial charge in [-0.05, 0) is 38.6 Å². The van der Waals surface area contributed by atoms with E-state index in [9.17, 15) is 0 Å². The van der Waals surface area contributed by atoms with Crippen LogP contribution in [0.25, 0.3) is 0 Å². The lowest BCUT2D eigenvalue weighted by molar-refractivity contribution is 0.435. The first kappa shape index (κ1) is 11.7. The molecule has 0 aromatic heterocycles. The summed E-state index contributed by atoms with van der Waals surface area (Å²) in [4.78, 5) is 0. The predicted molar refractivity (Wildman–Crippen MR) is 56.4 cm³/mol. The van der Waals surface area contributed by atoms with Crippen LogP contribution in [-0.2, 0) is 0 Å². The van der Waals surface area contributed by atoms with Crippen LogP contribution in [0.1, 0.15) is 39.5 Å². The molecule has 0 aliphatic rings. The maximum Gasteiger partial charge on any atom is 0.00671 e. The molecule has 0 rings (SSSR count). The summed E-state index contributed by atoms with van der Waals surface area (Å²) >= 11 is 0. The van der Waals surface area contributed by atoms with Gasteiger partial charge in [0.1, 0.15) is 0 Å². The van der Waals surface area contributed by atoms with Crippen LogP contribution in [0, 0.1) is 5.92 Å². The van der Waals surface area contributed by atoms with E-state index in [2.05, 4.69) is 25.7 Å². The van der Waals surface area contributed by atoms with Gasteiger partial charge >= 0.3 is 0 Å². The van der Waals surface area contributed by atoms with Gasteiger partial charge in [-0.15, -0.1) is 6.58 Å². The van der Waals surface area contributed by atoms with Gasteiger partial charge in [0.25, 0.3) is 0 Å². The molecule has 1 atom stereocenters. The maximum absolute atomic E-state index is 3.73. The Morgan fingerprint density at radius 3 is 2.33 bits per heavy atom. The lowest BCUT2D eigenvalue weighted by Gasteiger charge is -2.16. The first-order valence-corrected chi connectivity index (χ1v) is 4.98. The summed E-state index contributed by atoms with van der Waals surface area (Å²) in [6.45, 7) is 8.29. The quantitative estimate of drug-likeness (QED) is 0.578. The molecular formula is C11H23N. The largest absolute Gasteiger partial charge is 0.317 e. The highest BCUT2D eigenvalue weighted by Crippen LogP contribution is 2.10. The lowest BCUT2D eigenvalue weighted by Crippen LogP contribution is -2.25. The van der Waals surface area contributed by atoms with Gasteiger partial charge in [-0.3, -0.25) is 0 Å². The van der Waals surface area contributed by atoms with Gasteiger partial charge < -0.3 is 5.32 Å². The molecule has 0 saturated heterocycles. The van der Waals surface area contributed by atoms with Crippen molar-refractivity contribution >= 4 is 0 Å². The first-order valence-electron chi connectivity index (χ1n) is 4.98. The molecule has 0 radical (unpaired) electrons. The van der Waals surface area contributed by atoms with Crippen molar-refractivity contribution < 1.29 is 0 Å². The summed E-state index contributed by atoms with van der Waals surface area (Å²) in [5.41, 5.74) is 0. The minimum Gasteiger partial charge on any atom is -0.317 e. The summed E-state index contributed by atoms with van der Waals surface area (Å²) in [7, 11) is 2.05.